The van der Waals surface area contributed by atoms with E-state index in [1.165, 1.54) is 0 Å². The number of rotatable bonds is 4. The molecule has 0 aliphatic carbocycles. The molecule has 0 radical (unpaired) electrons. The van der Waals surface area contributed by atoms with Gasteiger partial charge in [0.15, 0.2) is 0 Å². The van der Waals surface area contributed by atoms with Crippen LogP contribution in [0.3, 0.4) is 0 Å². The summed E-state index contributed by atoms with van der Waals surface area (Å²) in [6.07, 6.45) is 1.79. The Hall–Kier alpha value is -1.65. The molecule has 0 saturated carbocycles. The fraction of sp³-hybridized carbons (Fsp3) is 0.231. The summed E-state index contributed by atoms with van der Waals surface area (Å²) in [5.41, 5.74) is 0.453. The molecule has 18 heavy (non-hydrogen) atoms. The maximum absolute atomic E-state index is 11.8. The lowest BCUT2D eigenvalue weighted by Crippen LogP contribution is -2.25. The number of aromatic nitrogens is 2. The smallest absolute Gasteiger partial charge is 0.258 e. The van der Waals surface area contributed by atoms with Crippen molar-refractivity contribution >= 4 is 22.5 Å². The summed E-state index contributed by atoms with van der Waals surface area (Å²) < 4.78 is 0. The van der Waals surface area contributed by atoms with E-state index in [1.54, 1.807) is 24.3 Å². The fourth-order valence-corrected chi connectivity index (χ4v) is 1.75. The summed E-state index contributed by atoms with van der Waals surface area (Å²) >= 11 is 5.89. The third kappa shape index (κ3) is 2.78. The second-order valence-electron chi connectivity index (χ2n) is 4.08. The highest BCUT2D eigenvalue weighted by molar-refractivity contribution is 6.31. The minimum absolute atomic E-state index is 0.153. The van der Waals surface area contributed by atoms with Gasteiger partial charge in [-0.1, -0.05) is 17.7 Å². The quantitative estimate of drug-likeness (QED) is 0.832. The van der Waals surface area contributed by atoms with E-state index < -0.39 is 0 Å². The number of hydrogen-bond donors (Lipinski definition) is 2. The summed E-state index contributed by atoms with van der Waals surface area (Å²) in [5.74, 6) is 0.587. The molecule has 5 heteroatoms. The molecule has 1 aromatic carbocycles. The molecule has 0 spiro atoms. The van der Waals surface area contributed by atoms with Crippen LogP contribution in [0.5, 0.6) is 0 Å². The molecule has 0 aliphatic heterocycles. The maximum atomic E-state index is 11.8. The summed E-state index contributed by atoms with van der Waals surface area (Å²) in [5, 5.41) is 4.28. The van der Waals surface area contributed by atoms with E-state index in [4.69, 9.17) is 11.6 Å². The molecule has 94 valence electrons. The Bertz CT molecular complexity index is 636. The van der Waals surface area contributed by atoms with Crippen LogP contribution in [0.1, 0.15) is 12.7 Å². The van der Waals surface area contributed by atoms with Crippen molar-refractivity contribution in [1.29, 1.82) is 0 Å². The zero-order valence-corrected chi connectivity index (χ0v) is 10.8. The fourth-order valence-electron chi connectivity index (χ4n) is 1.59. The van der Waals surface area contributed by atoms with Gasteiger partial charge in [-0.2, -0.15) is 0 Å². The van der Waals surface area contributed by atoms with E-state index in [2.05, 4.69) is 21.9 Å². The van der Waals surface area contributed by atoms with Gasteiger partial charge in [0.2, 0.25) is 0 Å². The molecule has 2 aromatic rings. The number of hydrogen-bond acceptors (Lipinski definition) is 3. The van der Waals surface area contributed by atoms with Gasteiger partial charge in [-0.3, -0.25) is 4.79 Å². The van der Waals surface area contributed by atoms with Crippen LogP contribution in [-0.4, -0.2) is 16.0 Å². The summed E-state index contributed by atoms with van der Waals surface area (Å²) in [6, 6.07) is 5.20. The van der Waals surface area contributed by atoms with Crippen molar-refractivity contribution < 1.29 is 0 Å². The zero-order valence-electron chi connectivity index (χ0n) is 10.0. The third-order valence-electron chi connectivity index (χ3n) is 2.66. The molecule has 4 nitrogen and oxygen atoms in total. The van der Waals surface area contributed by atoms with Crippen molar-refractivity contribution in [1.82, 2.24) is 15.3 Å². The van der Waals surface area contributed by atoms with Crippen LogP contribution in [0.4, 0.5) is 0 Å². The predicted octanol–water partition coefficient (Wildman–Crippen LogP) is 2.24. The number of halogens is 1. The standard InChI is InChI=1S/C13H14ClN3O/c1-3-8(2)15-7-12-16-11-6-9(14)4-5-10(11)13(18)17-12/h3-6,8,15H,1,7H2,2H3,(H,16,17,18). The molecule has 0 aliphatic rings. The van der Waals surface area contributed by atoms with Crippen LogP contribution in [0.25, 0.3) is 10.9 Å². The average Bonchev–Trinajstić information content (AvgIpc) is 2.35. The Labute approximate surface area is 110 Å². The van der Waals surface area contributed by atoms with Gasteiger partial charge in [0.25, 0.3) is 5.56 Å². The van der Waals surface area contributed by atoms with Crippen molar-refractivity contribution in [3.8, 4) is 0 Å². The van der Waals surface area contributed by atoms with Gasteiger partial charge in [-0.25, -0.2) is 4.98 Å². The van der Waals surface area contributed by atoms with Crippen molar-refractivity contribution in [2.45, 2.75) is 19.5 Å². The number of nitrogens with zero attached hydrogens (tertiary/aromatic N) is 1. The van der Waals surface area contributed by atoms with Crippen molar-refractivity contribution in [3.05, 3.63) is 52.1 Å². The van der Waals surface area contributed by atoms with E-state index >= 15 is 0 Å². The first-order chi connectivity index (χ1) is 8.60. The number of nitrogens with one attached hydrogen (secondary N) is 2. The molecular formula is C13H14ClN3O. The van der Waals surface area contributed by atoms with Crippen molar-refractivity contribution in [2.75, 3.05) is 0 Å². The first kappa shape index (κ1) is 12.8. The Morgan fingerprint density at radius 3 is 3.11 bits per heavy atom. The van der Waals surface area contributed by atoms with Crippen LogP contribution in [0, 0.1) is 0 Å². The average molecular weight is 264 g/mol. The maximum Gasteiger partial charge on any atom is 0.258 e. The number of H-pyrrole nitrogens is 1. The molecule has 1 atom stereocenters. The van der Waals surface area contributed by atoms with Gasteiger partial charge in [-0.05, 0) is 25.1 Å². The van der Waals surface area contributed by atoms with Crippen LogP contribution in [-0.2, 0) is 6.54 Å². The van der Waals surface area contributed by atoms with Crippen LogP contribution in [0.2, 0.25) is 5.02 Å². The second kappa shape index (κ2) is 5.33. The van der Waals surface area contributed by atoms with E-state index in [1.807, 2.05) is 6.92 Å². The minimum Gasteiger partial charge on any atom is -0.309 e. The normalized spacial score (nSPS) is 12.6. The second-order valence-corrected chi connectivity index (χ2v) is 4.52. The minimum atomic E-state index is -0.153. The molecular weight excluding hydrogens is 250 g/mol. The van der Waals surface area contributed by atoms with Crippen LogP contribution < -0.4 is 10.9 Å². The molecule has 0 saturated heterocycles. The Morgan fingerprint density at radius 2 is 2.39 bits per heavy atom. The van der Waals surface area contributed by atoms with Crippen LogP contribution in [0.15, 0.2) is 35.6 Å². The van der Waals surface area contributed by atoms with E-state index in [-0.39, 0.29) is 11.6 Å². The van der Waals surface area contributed by atoms with Gasteiger partial charge in [-0.15, -0.1) is 6.58 Å². The van der Waals surface area contributed by atoms with E-state index in [0.29, 0.717) is 28.3 Å². The molecule has 1 unspecified atom stereocenters. The Kier molecular flexibility index (Phi) is 3.79. The lowest BCUT2D eigenvalue weighted by atomic mass is 10.2. The molecule has 0 amide bonds. The largest absolute Gasteiger partial charge is 0.309 e. The van der Waals surface area contributed by atoms with Crippen LogP contribution >= 0.6 is 11.6 Å². The first-order valence-corrected chi connectivity index (χ1v) is 6.02. The predicted molar refractivity (Wildman–Crippen MR) is 73.9 cm³/mol. The van der Waals surface area contributed by atoms with Gasteiger partial charge in [0.05, 0.1) is 17.4 Å². The summed E-state index contributed by atoms with van der Waals surface area (Å²) in [7, 11) is 0. The highest BCUT2D eigenvalue weighted by Crippen LogP contribution is 2.14. The summed E-state index contributed by atoms with van der Waals surface area (Å²) in [4.78, 5) is 18.9. The van der Waals surface area contributed by atoms with Crippen molar-refractivity contribution in [3.63, 3.8) is 0 Å². The summed E-state index contributed by atoms with van der Waals surface area (Å²) in [6.45, 7) is 6.13. The Morgan fingerprint density at radius 1 is 1.61 bits per heavy atom. The highest BCUT2D eigenvalue weighted by atomic mass is 35.5. The van der Waals surface area contributed by atoms with Gasteiger partial charge < -0.3 is 10.3 Å². The highest BCUT2D eigenvalue weighted by Gasteiger charge is 2.05. The Balaban J connectivity index is 2.35. The third-order valence-corrected chi connectivity index (χ3v) is 2.90. The SMILES string of the molecule is C=CC(C)NCc1nc2cc(Cl)ccc2c(=O)[nH]1. The monoisotopic (exact) mass is 263 g/mol. The van der Waals surface area contributed by atoms with Gasteiger partial charge in [0, 0.05) is 11.1 Å². The molecule has 2 N–H and O–H groups in total. The zero-order chi connectivity index (χ0) is 13.1. The molecule has 2 rings (SSSR count). The molecule has 0 fully saturated rings. The number of fused-ring (bicyclic) bond motifs is 1. The molecule has 0 bridgehead atoms. The van der Waals surface area contributed by atoms with Gasteiger partial charge in [0.1, 0.15) is 5.82 Å². The lowest BCUT2D eigenvalue weighted by Gasteiger charge is -2.08. The van der Waals surface area contributed by atoms with E-state index in [9.17, 15) is 4.79 Å². The topological polar surface area (TPSA) is 57.8 Å². The molecule has 1 heterocycles. The van der Waals surface area contributed by atoms with Gasteiger partial charge >= 0.3 is 0 Å². The molecule has 1 aromatic heterocycles. The number of aromatic amines is 1. The lowest BCUT2D eigenvalue weighted by molar-refractivity contribution is 0.613. The first-order valence-electron chi connectivity index (χ1n) is 5.64. The van der Waals surface area contributed by atoms with Crippen molar-refractivity contribution in [2.24, 2.45) is 0 Å². The van der Waals surface area contributed by atoms with E-state index in [0.717, 1.165) is 0 Å². The number of benzene rings is 1.